The van der Waals surface area contributed by atoms with Crippen molar-refractivity contribution in [3.8, 4) is 0 Å². The van der Waals surface area contributed by atoms with Gasteiger partial charge in [0.05, 0.1) is 26.4 Å². The molecule has 570 valence electrons. The molecular formula is C77H150O17P2. The van der Waals surface area contributed by atoms with Gasteiger partial charge in [-0.2, -0.15) is 0 Å². The molecule has 0 aromatic heterocycles. The minimum atomic E-state index is -4.96. The van der Waals surface area contributed by atoms with Gasteiger partial charge in [0.2, 0.25) is 0 Å². The van der Waals surface area contributed by atoms with E-state index in [1.54, 1.807) is 0 Å². The summed E-state index contributed by atoms with van der Waals surface area (Å²) >= 11 is 0. The van der Waals surface area contributed by atoms with E-state index in [0.29, 0.717) is 31.6 Å². The fourth-order valence-corrected chi connectivity index (χ4v) is 13.3. The van der Waals surface area contributed by atoms with Crippen molar-refractivity contribution in [3.63, 3.8) is 0 Å². The summed E-state index contributed by atoms with van der Waals surface area (Å²) in [7, 11) is -9.91. The van der Waals surface area contributed by atoms with E-state index in [1.807, 2.05) is 0 Å². The van der Waals surface area contributed by atoms with Crippen LogP contribution < -0.4 is 0 Å². The molecule has 0 saturated carbocycles. The van der Waals surface area contributed by atoms with Gasteiger partial charge in [0, 0.05) is 25.7 Å². The van der Waals surface area contributed by atoms with Crippen LogP contribution in [0.3, 0.4) is 0 Å². The quantitative estimate of drug-likeness (QED) is 0.0222. The van der Waals surface area contributed by atoms with Gasteiger partial charge in [0.1, 0.15) is 19.3 Å². The molecule has 0 bridgehead atoms. The maximum absolute atomic E-state index is 13.1. The predicted molar refractivity (Wildman–Crippen MR) is 391 cm³/mol. The fourth-order valence-electron chi connectivity index (χ4n) is 11.7. The molecule has 0 aromatic carbocycles. The van der Waals surface area contributed by atoms with Crippen LogP contribution in [-0.2, 0) is 65.4 Å². The Kier molecular flexibility index (Phi) is 65.0. The van der Waals surface area contributed by atoms with Crippen molar-refractivity contribution < 1.29 is 80.2 Å². The Labute approximate surface area is 588 Å². The molecule has 3 unspecified atom stereocenters. The lowest BCUT2D eigenvalue weighted by atomic mass is 9.99. The highest BCUT2D eigenvalue weighted by Gasteiger charge is 2.30. The van der Waals surface area contributed by atoms with E-state index in [0.717, 1.165) is 114 Å². The van der Waals surface area contributed by atoms with Crippen molar-refractivity contribution in [2.24, 2.45) is 23.7 Å². The molecule has 0 fully saturated rings. The van der Waals surface area contributed by atoms with E-state index in [-0.39, 0.29) is 25.7 Å². The van der Waals surface area contributed by atoms with Crippen LogP contribution in [0.25, 0.3) is 0 Å². The number of ether oxygens (including phenoxy) is 4. The topological polar surface area (TPSA) is 237 Å². The maximum Gasteiger partial charge on any atom is 0.472 e. The molecule has 0 aliphatic rings. The van der Waals surface area contributed by atoms with Crippen LogP contribution >= 0.6 is 15.6 Å². The van der Waals surface area contributed by atoms with Crippen molar-refractivity contribution >= 4 is 39.5 Å². The third-order valence-corrected chi connectivity index (χ3v) is 20.1. The molecule has 0 radical (unpaired) electrons. The lowest BCUT2D eigenvalue weighted by molar-refractivity contribution is -0.161. The van der Waals surface area contributed by atoms with Crippen LogP contribution in [0.2, 0.25) is 0 Å². The zero-order valence-electron chi connectivity index (χ0n) is 63.0. The predicted octanol–water partition coefficient (Wildman–Crippen LogP) is 22.4. The molecule has 0 spiro atoms. The van der Waals surface area contributed by atoms with E-state index in [1.165, 1.54) is 186 Å². The maximum atomic E-state index is 13.1. The van der Waals surface area contributed by atoms with Crippen LogP contribution in [-0.4, -0.2) is 96.7 Å². The van der Waals surface area contributed by atoms with Crippen molar-refractivity contribution in [1.82, 2.24) is 0 Å². The number of carbonyl (C=O) groups is 4. The third kappa shape index (κ3) is 69.2. The number of hydrogen-bond donors (Lipinski definition) is 3. The number of carbonyl (C=O) groups excluding carboxylic acids is 4. The molecule has 19 heteroatoms. The second-order valence-electron chi connectivity index (χ2n) is 29.4. The normalized spacial score (nSPS) is 14.4. The van der Waals surface area contributed by atoms with E-state index >= 15 is 0 Å². The summed E-state index contributed by atoms with van der Waals surface area (Å²) in [4.78, 5) is 72.8. The van der Waals surface area contributed by atoms with Gasteiger partial charge in [-0.05, 0) is 49.4 Å². The van der Waals surface area contributed by atoms with E-state index in [4.69, 9.17) is 37.0 Å². The van der Waals surface area contributed by atoms with Gasteiger partial charge in [-0.25, -0.2) is 9.13 Å². The summed E-state index contributed by atoms with van der Waals surface area (Å²) in [5.41, 5.74) is 0. The number of phosphoric acid groups is 2. The van der Waals surface area contributed by atoms with Crippen LogP contribution in [0, 0.1) is 23.7 Å². The second kappa shape index (κ2) is 66.3. The number of hydrogen-bond acceptors (Lipinski definition) is 15. The lowest BCUT2D eigenvalue weighted by Gasteiger charge is -2.21. The molecular weight excluding hydrogens is 1260 g/mol. The van der Waals surface area contributed by atoms with E-state index < -0.39 is 97.5 Å². The zero-order chi connectivity index (χ0) is 71.0. The van der Waals surface area contributed by atoms with Gasteiger partial charge in [-0.15, -0.1) is 0 Å². The Morgan fingerprint density at radius 3 is 0.740 bits per heavy atom. The molecule has 0 aliphatic carbocycles. The van der Waals surface area contributed by atoms with Gasteiger partial charge in [0.25, 0.3) is 0 Å². The Morgan fingerprint density at radius 2 is 0.500 bits per heavy atom. The minimum absolute atomic E-state index is 0.104. The summed E-state index contributed by atoms with van der Waals surface area (Å²) in [5, 5.41) is 10.6. The standard InChI is InChI=1S/C77H150O17P2/c1-9-70(8)56-48-40-31-25-19-15-11-13-16-20-26-32-41-49-57-74(79)87-63-72(93-76(81)59-51-43-33-27-21-17-12-10-14-18-23-29-37-45-53-67(2)3)65-91-95(83,84)89-61-71(78)62-90-96(85,86)92-66-73(64-88-75(80)58-50-42-36-35-39-47-55-69(6)7)94-77(82)60-52-44-34-28-22-24-30-38-46-54-68(4)5/h67-73,78H,9-66H2,1-8H3,(H,83,84)(H,85,86)/t70?,71-,72-,73-/m1/s1. The second-order valence-corrected chi connectivity index (χ2v) is 32.3. The van der Waals surface area contributed by atoms with Gasteiger partial charge in [0.15, 0.2) is 12.2 Å². The monoisotopic (exact) mass is 1410 g/mol. The highest BCUT2D eigenvalue weighted by molar-refractivity contribution is 7.47. The number of unbranched alkanes of at least 4 members (excludes halogenated alkanes) is 39. The van der Waals surface area contributed by atoms with Crippen molar-refractivity contribution in [2.75, 3.05) is 39.6 Å². The average molecular weight is 1410 g/mol. The molecule has 0 heterocycles. The molecule has 0 saturated heterocycles. The number of rotatable bonds is 74. The summed E-state index contributed by atoms with van der Waals surface area (Å²) in [6, 6.07) is 0. The molecule has 6 atom stereocenters. The number of aliphatic hydroxyl groups is 1. The molecule has 3 N–H and O–H groups in total. The molecule has 0 aromatic rings. The Hall–Kier alpha value is -1.94. The van der Waals surface area contributed by atoms with Gasteiger partial charge < -0.3 is 33.8 Å². The summed E-state index contributed by atoms with van der Waals surface area (Å²) < 4.78 is 68.5. The Morgan fingerprint density at radius 1 is 0.292 bits per heavy atom. The van der Waals surface area contributed by atoms with Crippen LogP contribution in [0.15, 0.2) is 0 Å². The fraction of sp³-hybridized carbons (Fsp3) is 0.948. The number of aliphatic hydroxyl groups excluding tert-OH is 1. The first-order valence-corrected chi connectivity index (χ1v) is 42.7. The van der Waals surface area contributed by atoms with Crippen LogP contribution in [0.5, 0.6) is 0 Å². The molecule has 0 aliphatic heterocycles. The summed E-state index contributed by atoms with van der Waals surface area (Å²) in [5.74, 6) is 0.939. The van der Waals surface area contributed by atoms with Crippen LogP contribution in [0.4, 0.5) is 0 Å². The smallest absolute Gasteiger partial charge is 0.462 e. The Bertz CT molecular complexity index is 1890. The van der Waals surface area contributed by atoms with E-state index in [2.05, 4.69) is 55.4 Å². The number of esters is 4. The number of phosphoric ester groups is 2. The SMILES string of the molecule is CCC(C)CCCCCCCCCCCCCCCCC(=O)OC[C@H](COP(=O)(O)OC[C@@H](O)COP(=O)(O)OC[C@@H](COC(=O)CCCCCCCCC(C)C)OC(=O)CCCCCCCCCCCC(C)C)OC(=O)CCCCCCCCCCCCCCCCC(C)C. The molecule has 17 nitrogen and oxygen atoms in total. The molecule has 0 amide bonds. The van der Waals surface area contributed by atoms with Crippen molar-refractivity contribution in [2.45, 2.75) is 408 Å². The highest BCUT2D eigenvalue weighted by Crippen LogP contribution is 2.45. The average Bonchev–Trinajstić information content (AvgIpc) is 1.41. The van der Waals surface area contributed by atoms with Crippen LogP contribution in [0.1, 0.15) is 389 Å². The zero-order valence-corrected chi connectivity index (χ0v) is 64.8. The first-order valence-electron chi connectivity index (χ1n) is 39.7. The molecule has 0 rings (SSSR count). The first-order chi connectivity index (χ1) is 46.1. The van der Waals surface area contributed by atoms with Crippen molar-refractivity contribution in [1.29, 1.82) is 0 Å². The van der Waals surface area contributed by atoms with E-state index in [9.17, 15) is 43.2 Å². The van der Waals surface area contributed by atoms with Gasteiger partial charge in [-0.1, -0.05) is 338 Å². The summed E-state index contributed by atoms with van der Waals surface area (Å²) in [6.45, 7) is 14.2. The third-order valence-electron chi connectivity index (χ3n) is 18.2. The first kappa shape index (κ1) is 94.1. The van der Waals surface area contributed by atoms with Crippen molar-refractivity contribution in [3.05, 3.63) is 0 Å². The summed E-state index contributed by atoms with van der Waals surface area (Å²) in [6.07, 6.45) is 51.5. The minimum Gasteiger partial charge on any atom is -0.462 e. The van der Waals surface area contributed by atoms with Gasteiger partial charge in [-0.3, -0.25) is 37.3 Å². The van der Waals surface area contributed by atoms with Gasteiger partial charge >= 0.3 is 39.5 Å². The molecule has 96 heavy (non-hydrogen) atoms. The largest absolute Gasteiger partial charge is 0.472 e. The lowest BCUT2D eigenvalue weighted by Crippen LogP contribution is -2.30. The Balaban J connectivity index is 5.23. The highest BCUT2D eigenvalue weighted by atomic mass is 31.2.